The van der Waals surface area contributed by atoms with Crippen LogP contribution in [0.25, 0.3) is 0 Å². The molecule has 25 heavy (non-hydrogen) atoms. The zero-order valence-electron chi connectivity index (χ0n) is 16.1. The van der Waals surface area contributed by atoms with E-state index in [0.29, 0.717) is 5.25 Å². The molecule has 144 valence electrons. The third-order valence-electron chi connectivity index (χ3n) is 4.38. The number of rotatable bonds is 6. The standard InChI is InChI=1S/C17H32N6S.HI/c1-6-15-13-23(8-9-24-15)17(18-7-2)19-11-16(21(3)4)14-10-20-22(5)12-14;/h10,12,15-16H,6-9,11,13H2,1-5H3,(H,18,19);1H. The first-order valence-electron chi connectivity index (χ1n) is 8.85. The van der Waals surface area contributed by atoms with Gasteiger partial charge < -0.3 is 15.1 Å². The molecular formula is C17H33IN6S. The first-order valence-corrected chi connectivity index (χ1v) is 9.89. The van der Waals surface area contributed by atoms with E-state index in [-0.39, 0.29) is 30.0 Å². The van der Waals surface area contributed by atoms with Crippen molar-refractivity contribution >= 4 is 41.7 Å². The molecule has 2 rings (SSSR count). The van der Waals surface area contributed by atoms with Crippen molar-refractivity contribution in [2.24, 2.45) is 12.0 Å². The third kappa shape index (κ3) is 6.63. The monoisotopic (exact) mass is 480 g/mol. The van der Waals surface area contributed by atoms with Crippen LogP contribution in [0.3, 0.4) is 0 Å². The van der Waals surface area contributed by atoms with Gasteiger partial charge in [-0.05, 0) is 27.4 Å². The number of likely N-dealkylation sites (N-methyl/N-ethyl adjacent to an activating group) is 1. The highest BCUT2D eigenvalue weighted by atomic mass is 127. The van der Waals surface area contributed by atoms with E-state index in [9.17, 15) is 0 Å². The minimum absolute atomic E-state index is 0. The molecule has 8 heteroatoms. The van der Waals surface area contributed by atoms with Crippen LogP contribution in [0.4, 0.5) is 0 Å². The zero-order chi connectivity index (χ0) is 17.5. The van der Waals surface area contributed by atoms with E-state index in [4.69, 9.17) is 4.99 Å². The molecule has 0 saturated carbocycles. The molecular weight excluding hydrogens is 447 g/mol. The largest absolute Gasteiger partial charge is 0.357 e. The van der Waals surface area contributed by atoms with E-state index in [1.165, 1.54) is 17.7 Å². The summed E-state index contributed by atoms with van der Waals surface area (Å²) in [5.74, 6) is 2.23. The van der Waals surface area contributed by atoms with Crippen molar-refractivity contribution < 1.29 is 0 Å². The summed E-state index contributed by atoms with van der Waals surface area (Å²) >= 11 is 2.09. The van der Waals surface area contributed by atoms with Gasteiger partial charge in [-0.2, -0.15) is 16.9 Å². The number of nitrogens with zero attached hydrogens (tertiary/aromatic N) is 5. The van der Waals surface area contributed by atoms with Crippen molar-refractivity contribution in [2.75, 3.05) is 46.0 Å². The molecule has 1 aromatic heterocycles. The lowest BCUT2D eigenvalue weighted by Crippen LogP contribution is -2.48. The summed E-state index contributed by atoms with van der Waals surface area (Å²) in [6.45, 7) is 8.21. The predicted octanol–water partition coefficient (Wildman–Crippen LogP) is 2.43. The lowest BCUT2D eigenvalue weighted by Gasteiger charge is -2.34. The minimum atomic E-state index is 0. The number of hydrogen-bond acceptors (Lipinski definition) is 4. The second kappa shape index (κ2) is 11.3. The number of halogens is 1. The van der Waals surface area contributed by atoms with Gasteiger partial charge in [-0.3, -0.25) is 9.67 Å². The molecule has 1 N–H and O–H groups in total. The topological polar surface area (TPSA) is 48.7 Å². The smallest absolute Gasteiger partial charge is 0.194 e. The van der Waals surface area contributed by atoms with Crippen LogP contribution in [0, 0.1) is 0 Å². The van der Waals surface area contributed by atoms with E-state index in [1.807, 2.05) is 17.9 Å². The second-order valence-electron chi connectivity index (χ2n) is 6.47. The van der Waals surface area contributed by atoms with Crippen molar-refractivity contribution in [3.63, 3.8) is 0 Å². The van der Waals surface area contributed by atoms with Crippen LogP contribution in [0.2, 0.25) is 0 Å². The average molecular weight is 480 g/mol. The molecule has 2 atom stereocenters. The lowest BCUT2D eigenvalue weighted by atomic mass is 10.1. The Morgan fingerprint density at radius 3 is 2.80 bits per heavy atom. The lowest BCUT2D eigenvalue weighted by molar-refractivity contribution is 0.304. The van der Waals surface area contributed by atoms with Crippen LogP contribution >= 0.6 is 35.7 Å². The molecule has 1 aliphatic heterocycles. The molecule has 1 aromatic rings. The molecule has 0 aromatic carbocycles. The highest BCUT2D eigenvalue weighted by Crippen LogP contribution is 2.22. The Balaban J connectivity index is 0.00000312. The summed E-state index contributed by atoms with van der Waals surface area (Å²) in [4.78, 5) is 9.59. The summed E-state index contributed by atoms with van der Waals surface area (Å²) < 4.78 is 1.86. The number of nitrogens with one attached hydrogen (secondary N) is 1. The fraction of sp³-hybridized carbons (Fsp3) is 0.765. The number of aromatic nitrogens is 2. The van der Waals surface area contributed by atoms with E-state index in [1.54, 1.807) is 0 Å². The first kappa shape index (κ1) is 22.6. The van der Waals surface area contributed by atoms with Gasteiger partial charge >= 0.3 is 0 Å². The predicted molar refractivity (Wildman–Crippen MR) is 119 cm³/mol. The van der Waals surface area contributed by atoms with Crippen molar-refractivity contribution in [1.82, 2.24) is 24.9 Å². The third-order valence-corrected chi connectivity index (χ3v) is 5.75. The summed E-state index contributed by atoms with van der Waals surface area (Å²) in [7, 11) is 6.16. The minimum Gasteiger partial charge on any atom is -0.357 e. The van der Waals surface area contributed by atoms with E-state index < -0.39 is 0 Å². The Labute approximate surface area is 173 Å². The normalized spacial score (nSPS) is 19.7. The van der Waals surface area contributed by atoms with Gasteiger partial charge in [0.15, 0.2) is 5.96 Å². The Hall–Kier alpha value is -0.480. The Morgan fingerprint density at radius 1 is 1.48 bits per heavy atom. The molecule has 1 aliphatic rings. The highest BCUT2D eigenvalue weighted by Gasteiger charge is 2.22. The van der Waals surface area contributed by atoms with Crippen molar-refractivity contribution in [3.05, 3.63) is 18.0 Å². The number of hydrogen-bond donors (Lipinski definition) is 1. The summed E-state index contributed by atoms with van der Waals surface area (Å²) in [6.07, 6.45) is 5.24. The molecule has 6 nitrogen and oxygen atoms in total. The van der Waals surface area contributed by atoms with Gasteiger partial charge in [-0.15, -0.1) is 24.0 Å². The van der Waals surface area contributed by atoms with Crippen LogP contribution in [0.5, 0.6) is 0 Å². The van der Waals surface area contributed by atoms with Crippen LogP contribution in [-0.4, -0.2) is 76.8 Å². The maximum Gasteiger partial charge on any atom is 0.194 e. The molecule has 0 amide bonds. The number of aryl methyl sites for hydroxylation is 1. The van der Waals surface area contributed by atoms with Gasteiger partial charge in [0.1, 0.15) is 0 Å². The van der Waals surface area contributed by atoms with Gasteiger partial charge in [0.2, 0.25) is 0 Å². The Bertz CT molecular complexity index is 533. The molecule has 1 fully saturated rings. The summed E-state index contributed by atoms with van der Waals surface area (Å²) in [6, 6.07) is 0.244. The van der Waals surface area contributed by atoms with Gasteiger partial charge in [-0.25, -0.2) is 0 Å². The fourth-order valence-electron chi connectivity index (χ4n) is 2.94. The van der Waals surface area contributed by atoms with E-state index in [2.05, 4.69) is 66.1 Å². The fourth-order valence-corrected chi connectivity index (χ4v) is 4.12. The average Bonchev–Trinajstić information content (AvgIpc) is 3.00. The van der Waals surface area contributed by atoms with E-state index in [0.717, 1.165) is 32.1 Å². The Morgan fingerprint density at radius 2 is 2.24 bits per heavy atom. The molecule has 0 aliphatic carbocycles. The number of aliphatic imine (C=N–C) groups is 1. The Kier molecular flexibility index (Phi) is 10.2. The summed E-state index contributed by atoms with van der Waals surface area (Å²) in [5, 5.41) is 8.50. The molecule has 2 unspecified atom stereocenters. The van der Waals surface area contributed by atoms with Gasteiger partial charge in [0, 0.05) is 49.4 Å². The maximum absolute atomic E-state index is 4.96. The number of guanidine groups is 1. The van der Waals surface area contributed by atoms with Crippen LogP contribution in [0.15, 0.2) is 17.4 Å². The zero-order valence-corrected chi connectivity index (χ0v) is 19.3. The molecule has 0 bridgehead atoms. The van der Waals surface area contributed by atoms with Crippen molar-refractivity contribution in [2.45, 2.75) is 31.6 Å². The van der Waals surface area contributed by atoms with Crippen LogP contribution < -0.4 is 5.32 Å². The molecule has 1 saturated heterocycles. The SMILES string of the molecule is CCNC(=NCC(c1cnn(C)c1)N(C)C)N1CCSC(CC)C1.I. The second-order valence-corrected chi connectivity index (χ2v) is 7.88. The molecule has 0 radical (unpaired) electrons. The van der Waals surface area contributed by atoms with E-state index >= 15 is 0 Å². The van der Waals surface area contributed by atoms with Crippen molar-refractivity contribution in [3.8, 4) is 0 Å². The van der Waals surface area contributed by atoms with Gasteiger partial charge in [-0.1, -0.05) is 6.92 Å². The first-order chi connectivity index (χ1) is 11.5. The highest BCUT2D eigenvalue weighted by molar-refractivity contribution is 14.0. The van der Waals surface area contributed by atoms with Gasteiger partial charge in [0.25, 0.3) is 0 Å². The number of thioether (sulfide) groups is 1. The van der Waals surface area contributed by atoms with Crippen LogP contribution in [-0.2, 0) is 7.05 Å². The molecule has 0 spiro atoms. The maximum atomic E-state index is 4.96. The quantitative estimate of drug-likeness (QED) is 0.385. The van der Waals surface area contributed by atoms with Gasteiger partial charge in [0.05, 0.1) is 18.8 Å². The van der Waals surface area contributed by atoms with Crippen molar-refractivity contribution in [1.29, 1.82) is 0 Å². The summed E-state index contributed by atoms with van der Waals surface area (Å²) in [5.41, 5.74) is 1.21. The van der Waals surface area contributed by atoms with Crippen LogP contribution in [0.1, 0.15) is 31.9 Å². The molecule has 2 heterocycles.